The van der Waals surface area contributed by atoms with Gasteiger partial charge in [-0.1, -0.05) is 12.1 Å². The molecule has 2 aromatic rings. The maximum absolute atomic E-state index is 13.8. The van der Waals surface area contributed by atoms with Gasteiger partial charge < -0.3 is 14.7 Å². The molecule has 0 bridgehead atoms. The molecule has 1 fully saturated rings. The number of nitrogens with zero attached hydrogens (tertiary/aromatic N) is 2. The third-order valence-electron chi connectivity index (χ3n) is 4.08. The van der Waals surface area contributed by atoms with Crippen molar-refractivity contribution in [3.8, 4) is 11.6 Å². The maximum atomic E-state index is 13.8. The number of likely N-dealkylation sites (tertiary alicyclic amines) is 1. The van der Waals surface area contributed by atoms with E-state index in [9.17, 15) is 14.3 Å². The Labute approximate surface area is 139 Å². The minimum atomic E-state index is -0.706. The second-order valence-electron chi connectivity index (χ2n) is 5.86. The van der Waals surface area contributed by atoms with Crippen LogP contribution in [0.4, 0.5) is 4.39 Å². The molecule has 24 heavy (non-hydrogen) atoms. The van der Waals surface area contributed by atoms with Gasteiger partial charge in [-0.2, -0.15) is 0 Å². The van der Waals surface area contributed by atoms with Gasteiger partial charge in [0, 0.05) is 37.7 Å². The van der Waals surface area contributed by atoms with Crippen LogP contribution >= 0.6 is 0 Å². The van der Waals surface area contributed by atoms with Crippen molar-refractivity contribution in [3.05, 3.63) is 53.5 Å². The van der Waals surface area contributed by atoms with Crippen LogP contribution in [0.3, 0.4) is 0 Å². The van der Waals surface area contributed by atoms with E-state index in [4.69, 9.17) is 4.74 Å². The molecule has 1 saturated heterocycles. The van der Waals surface area contributed by atoms with Gasteiger partial charge in [0.25, 0.3) is 5.91 Å². The van der Waals surface area contributed by atoms with E-state index in [1.807, 2.05) is 25.1 Å². The van der Waals surface area contributed by atoms with Crippen molar-refractivity contribution in [1.29, 1.82) is 0 Å². The highest BCUT2D eigenvalue weighted by Gasteiger charge is 2.28. The molecule has 0 atom stereocenters. The highest BCUT2D eigenvalue weighted by atomic mass is 19.1. The number of phenols is 1. The Bertz CT molecular complexity index is 723. The lowest BCUT2D eigenvalue weighted by atomic mass is 10.1. The third-order valence-corrected chi connectivity index (χ3v) is 4.08. The summed E-state index contributed by atoms with van der Waals surface area (Å²) in [6, 6.07) is 9.45. The molecule has 0 saturated carbocycles. The lowest BCUT2D eigenvalue weighted by Crippen LogP contribution is -2.42. The number of benzene rings is 1. The van der Waals surface area contributed by atoms with Crippen LogP contribution in [0.25, 0.3) is 0 Å². The lowest BCUT2D eigenvalue weighted by molar-refractivity contribution is 0.0581. The zero-order valence-electron chi connectivity index (χ0n) is 13.4. The highest BCUT2D eigenvalue weighted by molar-refractivity contribution is 5.97. The van der Waals surface area contributed by atoms with Gasteiger partial charge in [-0.15, -0.1) is 0 Å². The molecule has 3 rings (SSSR count). The molecular weight excluding hydrogens is 311 g/mol. The fourth-order valence-electron chi connectivity index (χ4n) is 2.81. The molecule has 1 N–H and O–H groups in total. The van der Waals surface area contributed by atoms with Gasteiger partial charge in [-0.05, 0) is 25.1 Å². The Hall–Kier alpha value is -2.63. The molecule has 2 heterocycles. The molecule has 1 aromatic carbocycles. The Morgan fingerprint density at radius 3 is 2.62 bits per heavy atom. The van der Waals surface area contributed by atoms with Crippen molar-refractivity contribution in [1.82, 2.24) is 9.88 Å². The topological polar surface area (TPSA) is 62.7 Å². The number of hydrogen-bond donors (Lipinski definition) is 1. The molecule has 1 amide bonds. The maximum Gasteiger partial charge on any atom is 0.260 e. The van der Waals surface area contributed by atoms with E-state index in [-0.39, 0.29) is 17.4 Å². The van der Waals surface area contributed by atoms with Crippen LogP contribution in [0.5, 0.6) is 11.6 Å². The molecule has 0 unspecified atom stereocenters. The fraction of sp³-hybridized carbons (Fsp3) is 0.333. The summed E-state index contributed by atoms with van der Waals surface area (Å²) in [5.74, 6) is -0.950. The van der Waals surface area contributed by atoms with Gasteiger partial charge in [0.2, 0.25) is 5.88 Å². The first kappa shape index (κ1) is 16.2. The number of carbonyl (C=O) groups excluding carboxylic acids is 1. The van der Waals surface area contributed by atoms with E-state index < -0.39 is 11.7 Å². The monoisotopic (exact) mass is 330 g/mol. The van der Waals surface area contributed by atoms with Crippen molar-refractivity contribution in [2.75, 3.05) is 13.1 Å². The van der Waals surface area contributed by atoms with E-state index in [1.54, 1.807) is 4.90 Å². The molecule has 1 aliphatic heterocycles. The summed E-state index contributed by atoms with van der Waals surface area (Å²) < 4.78 is 19.7. The first-order valence-corrected chi connectivity index (χ1v) is 7.91. The summed E-state index contributed by atoms with van der Waals surface area (Å²) in [5, 5.41) is 9.74. The van der Waals surface area contributed by atoms with Crippen molar-refractivity contribution >= 4 is 5.91 Å². The van der Waals surface area contributed by atoms with Gasteiger partial charge in [0.1, 0.15) is 23.2 Å². The van der Waals surface area contributed by atoms with Gasteiger partial charge in [0.15, 0.2) is 0 Å². The summed E-state index contributed by atoms with van der Waals surface area (Å²) in [7, 11) is 0. The van der Waals surface area contributed by atoms with Crippen LogP contribution in [-0.2, 0) is 0 Å². The number of halogens is 1. The second-order valence-corrected chi connectivity index (χ2v) is 5.86. The summed E-state index contributed by atoms with van der Waals surface area (Å²) >= 11 is 0. The summed E-state index contributed by atoms with van der Waals surface area (Å²) in [6.07, 6.45) is 1.24. The van der Waals surface area contributed by atoms with E-state index in [0.717, 1.165) is 5.69 Å². The van der Waals surface area contributed by atoms with Gasteiger partial charge in [0.05, 0.1) is 0 Å². The normalized spacial score (nSPS) is 15.3. The number of ether oxygens (including phenoxy) is 1. The van der Waals surface area contributed by atoms with E-state index >= 15 is 0 Å². The number of aromatic nitrogens is 1. The highest BCUT2D eigenvalue weighted by Crippen LogP contribution is 2.24. The largest absolute Gasteiger partial charge is 0.507 e. The van der Waals surface area contributed by atoms with Crippen molar-refractivity contribution in [2.45, 2.75) is 25.9 Å². The van der Waals surface area contributed by atoms with Gasteiger partial charge in [-0.25, -0.2) is 9.37 Å². The SMILES string of the molecule is Cc1cccc(OC2CCN(C(=O)c3c(O)cccc3F)CC2)n1. The average Bonchev–Trinajstić information content (AvgIpc) is 2.55. The standard InChI is InChI=1S/C18H19FN2O3/c1-12-4-2-7-16(20-12)24-13-8-10-21(11-9-13)18(23)17-14(19)5-3-6-15(17)22/h2-7,13,22H,8-11H2,1H3. The summed E-state index contributed by atoms with van der Waals surface area (Å²) in [6.45, 7) is 2.79. The molecule has 126 valence electrons. The van der Waals surface area contributed by atoms with Crippen molar-refractivity contribution < 1.29 is 19.0 Å². The van der Waals surface area contributed by atoms with Crippen LogP contribution in [0.1, 0.15) is 28.9 Å². The first-order valence-electron chi connectivity index (χ1n) is 7.91. The molecule has 6 heteroatoms. The molecule has 1 aliphatic rings. The second kappa shape index (κ2) is 6.86. The zero-order chi connectivity index (χ0) is 17.1. The number of rotatable bonds is 3. The van der Waals surface area contributed by atoms with Crippen LogP contribution in [0, 0.1) is 12.7 Å². The Morgan fingerprint density at radius 1 is 1.25 bits per heavy atom. The number of carbonyl (C=O) groups is 1. The molecule has 0 spiro atoms. The number of aromatic hydroxyl groups is 1. The molecule has 1 aromatic heterocycles. The summed E-state index contributed by atoms with van der Waals surface area (Å²) in [5.41, 5.74) is 0.618. The Kier molecular flexibility index (Phi) is 4.64. The fourth-order valence-corrected chi connectivity index (χ4v) is 2.81. The smallest absolute Gasteiger partial charge is 0.260 e. The van der Waals surface area contributed by atoms with E-state index in [2.05, 4.69) is 4.98 Å². The minimum Gasteiger partial charge on any atom is -0.507 e. The third kappa shape index (κ3) is 3.48. The quantitative estimate of drug-likeness (QED) is 0.940. The lowest BCUT2D eigenvalue weighted by Gasteiger charge is -2.32. The molecule has 0 radical (unpaired) electrons. The number of aryl methyl sites for hydroxylation is 1. The Morgan fingerprint density at radius 2 is 1.96 bits per heavy atom. The molecule has 0 aliphatic carbocycles. The predicted octanol–water partition coefficient (Wildman–Crippen LogP) is 2.92. The predicted molar refractivity (Wildman–Crippen MR) is 86.6 cm³/mol. The van der Waals surface area contributed by atoms with Gasteiger partial charge >= 0.3 is 0 Å². The van der Waals surface area contributed by atoms with Crippen LogP contribution in [0.15, 0.2) is 36.4 Å². The summed E-state index contributed by atoms with van der Waals surface area (Å²) in [4.78, 5) is 18.3. The van der Waals surface area contributed by atoms with Gasteiger partial charge in [-0.3, -0.25) is 4.79 Å². The number of amides is 1. The van der Waals surface area contributed by atoms with Crippen LogP contribution in [-0.4, -0.2) is 40.1 Å². The molecule has 5 nitrogen and oxygen atoms in total. The van der Waals surface area contributed by atoms with E-state index in [1.165, 1.54) is 18.2 Å². The van der Waals surface area contributed by atoms with E-state index in [0.29, 0.717) is 31.8 Å². The van der Waals surface area contributed by atoms with Crippen LogP contribution in [0.2, 0.25) is 0 Å². The number of phenolic OH excluding ortho intramolecular Hbond substituents is 1. The van der Waals surface area contributed by atoms with Crippen molar-refractivity contribution in [2.24, 2.45) is 0 Å². The first-order chi connectivity index (χ1) is 11.5. The number of pyridine rings is 1. The number of piperidine rings is 1. The van der Waals surface area contributed by atoms with Crippen LogP contribution < -0.4 is 4.74 Å². The van der Waals surface area contributed by atoms with Crippen molar-refractivity contribution in [3.63, 3.8) is 0 Å². The minimum absolute atomic E-state index is 0.0300. The zero-order valence-corrected chi connectivity index (χ0v) is 13.4. The Balaban J connectivity index is 1.62. The average molecular weight is 330 g/mol. The number of hydrogen-bond acceptors (Lipinski definition) is 4. The molecular formula is C18H19FN2O3.